The molecule has 0 aliphatic heterocycles. The van der Waals surface area contributed by atoms with Gasteiger partial charge in [-0.1, -0.05) is 0 Å². The second-order valence-corrected chi connectivity index (χ2v) is 4.01. The van der Waals surface area contributed by atoms with Gasteiger partial charge < -0.3 is 20.6 Å². The van der Waals surface area contributed by atoms with Crippen molar-refractivity contribution in [3.8, 4) is 0 Å². The van der Waals surface area contributed by atoms with Gasteiger partial charge in [-0.25, -0.2) is 0 Å². The summed E-state index contributed by atoms with van der Waals surface area (Å²) in [6, 6.07) is 0. The highest BCUT2D eigenvalue weighted by molar-refractivity contribution is 5.95. The molecule has 4 N–H and O–H groups in total. The second-order valence-electron chi connectivity index (χ2n) is 4.01. The van der Waals surface area contributed by atoms with Crippen molar-refractivity contribution in [3.63, 3.8) is 0 Å². The van der Waals surface area contributed by atoms with E-state index in [9.17, 15) is 4.79 Å². The van der Waals surface area contributed by atoms with Crippen molar-refractivity contribution >= 4 is 5.91 Å². The average molecular weight is 243 g/mol. The van der Waals surface area contributed by atoms with Crippen LogP contribution in [0.1, 0.15) is 16.1 Å². The summed E-state index contributed by atoms with van der Waals surface area (Å²) >= 11 is 0. The maximum Gasteiger partial charge on any atom is 0.255 e. The third-order valence-electron chi connectivity index (χ3n) is 2.54. The van der Waals surface area contributed by atoms with E-state index in [4.69, 9.17) is 15.3 Å². The zero-order chi connectivity index (χ0) is 13.1. The molecule has 0 saturated heterocycles. The molecule has 1 rings (SSSR count). The van der Waals surface area contributed by atoms with E-state index in [-0.39, 0.29) is 0 Å². The van der Waals surface area contributed by atoms with Crippen molar-refractivity contribution in [1.82, 2.24) is 15.1 Å². The Bertz CT molecular complexity index is 390. The highest BCUT2D eigenvalue weighted by Gasteiger charge is 2.31. The minimum absolute atomic E-state index is 0.340. The number of aliphatic hydroxyl groups is 3. The molecule has 0 aromatic carbocycles. The van der Waals surface area contributed by atoms with Crippen LogP contribution in [0.5, 0.6) is 0 Å². The van der Waals surface area contributed by atoms with Crippen molar-refractivity contribution in [3.05, 3.63) is 17.5 Å². The van der Waals surface area contributed by atoms with Gasteiger partial charge in [-0.15, -0.1) is 0 Å². The van der Waals surface area contributed by atoms with Crippen molar-refractivity contribution in [1.29, 1.82) is 0 Å². The first kappa shape index (κ1) is 13.6. The normalized spacial score (nSPS) is 11.6. The zero-order valence-electron chi connectivity index (χ0n) is 9.84. The van der Waals surface area contributed by atoms with Crippen LogP contribution in [0.3, 0.4) is 0 Å². The lowest BCUT2D eigenvalue weighted by Gasteiger charge is -2.28. The van der Waals surface area contributed by atoms with Gasteiger partial charge in [-0.2, -0.15) is 5.10 Å². The number of aliphatic hydroxyl groups excluding tert-OH is 3. The van der Waals surface area contributed by atoms with Gasteiger partial charge in [0.15, 0.2) is 0 Å². The van der Waals surface area contributed by atoms with Crippen molar-refractivity contribution in [2.45, 2.75) is 12.5 Å². The van der Waals surface area contributed by atoms with Crippen LogP contribution in [0, 0.1) is 6.92 Å². The Labute approximate surface area is 98.7 Å². The first-order chi connectivity index (χ1) is 7.98. The van der Waals surface area contributed by atoms with Crippen LogP contribution in [0.25, 0.3) is 0 Å². The van der Waals surface area contributed by atoms with Gasteiger partial charge in [0.05, 0.1) is 31.1 Å². The largest absolute Gasteiger partial charge is 0.394 e. The van der Waals surface area contributed by atoms with Crippen LogP contribution < -0.4 is 5.32 Å². The number of hydrogen-bond acceptors (Lipinski definition) is 5. The SMILES string of the molecule is Cc1nn(C)cc1C(=O)NC(CO)(CO)CO. The Morgan fingerprint density at radius 2 is 1.94 bits per heavy atom. The minimum atomic E-state index is -1.42. The van der Waals surface area contributed by atoms with Gasteiger partial charge >= 0.3 is 0 Å². The van der Waals surface area contributed by atoms with Crippen LogP contribution in [0.2, 0.25) is 0 Å². The van der Waals surface area contributed by atoms with Crippen LogP contribution in [-0.2, 0) is 7.05 Å². The highest BCUT2D eigenvalue weighted by atomic mass is 16.3. The Morgan fingerprint density at radius 1 is 1.41 bits per heavy atom. The topological polar surface area (TPSA) is 108 Å². The molecule has 1 aromatic heterocycles. The molecular weight excluding hydrogens is 226 g/mol. The molecule has 0 bridgehead atoms. The number of nitrogens with one attached hydrogen (secondary N) is 1. The Balaban J connectivity index is 2.88. The van der Waals surface area contributed by atoms with Crippen LogP contribution in [0.4, 0.5) is 0 Å². The standard InChI is InChI=1S/C10H17N3O4/c1-7-8(3-13(2)12-7)9(17)11-10(4-14,5-15)6-16/h3,14-16H,4-6H2,1-2H3,(H,11,17). The fourth-order valence-electron chi connectivity index (χ4n) is 1.40. The lowest BCUT2D eigenvalue weighted by Crippen LogP contribution is -2.57. The fraction of sp³-hybridized carbons (Fsp3) is 0.600. The lowest BCUT2D eigenvalue weighted by molar-refractivity contribution is 0.0375. The predicted octanol–water partition coefficient (Wildman–Crippen LogP) is -1.83. The van der Waals surface area contributed by atoms with E-state index >= 15 is 0 Å². The second kappa shape index (κ2) is 5.26. The number of hydrogen-bond donors (Lipinski definition) is 4. The molecular formula is C10H17N3O4. The number of aromatic nitrogens is 2. The molecule has 0 unspecified atom stereocenters. The van der Waals surface area contributed by atoms with E-state index in [0.717, 1.165) is 0 Å². The first-order valence-corrected chi connectivity index (χ1v) is 5.13. The summed E-state index contributed by atoms with van der Waals surface area (Å²) in [5.74, 6) is -0.493. The molecule has 7 heteroatoms. The van der Waals surface area contributed by atoms with Crippen LogP contribution >= 0.6 is 0 Å². The summed E-state index contributed by atoms with van der Waals surface area (Å²) < 4.78 is 1.49. The summed E-state index contributed by atoms with van der Waals surface area (Å²) in [5, 5.41) is 33.7. The van der Waals surface area contributed by atoms with Gasteiger partial charge in [-0.05, 0) is 6.92 Å². The van der Waals surface area contributed by atoms with E-state index in [1.165, 1.54) is 10.9 Å². The van der Waals surface area contributed by atoms with Gasteiger partial charge in [-0.3, -0.25) is 9.48 Å². The van der Waals surface area contributed by atoms with E-state index in [1.54, 1.807) is 14.0 Å². The molecule has 7 nitrogen and oxygen atoms in total. The zero-order valence-corrected chi connectivity index (χ0v) is 9.84. The number of rotatable bonds is 5. The van der Waals surface area contributed by atoms with Crippen molar-refractivity contribution in [2.75, 3.05) is 19.8 Å². The molecule has 0 aliphatic carbocycles. The van der Waals surface area contributed by atoms with Gasteiger partial charge in [0, 0.05) is 13.2 Å². The smallest absolute Gasteiger partial charge is 0.255 e. The van der Waals surface area contributed by atoms with Gasteiger partial charge in [0.2, 0.25) is 0 Å². The average Bonchev–Trinajstić information content (AvgIpc) is 2.65. The maximum atomic E-state index is 11.9. The van der Waals surface area contributed by atoms with Gasteiger partial charge in [0.1, 0.15) is 5.54 Å². The van der Waals surface area contributed by atoms with Gasteiger partial charge in [0.25, 0.3) is 5.91 Å². The summed E-state index contributed by atoms with van der Waals surface area (Å²) in [7, 11) is 1.68. The minimum Gasteiger partial charge on any atom is -0.394 e. The molecule has 0 spiro atoms. The molecule has 0 aliphatic rings. The van der Waals surface area contributed by atoms with Crippen LogP contribution in [0.15, 0.2) is 6.20 Å². The van der Waals surface area contributed by atoms with E-state index in [2.05, 4.69) is 10.4 Å². The lowest BCUT2D eigenvalue weighted by atomic mass is 10.0. The van der Waals surface area contributed by atoms with E-state index < -0.39 is 31.3 Å². The molecule has 1 aromatic rings. The molecule has 0 radical (unpaired) electrons. The number of nitrogens with zero attached hydrogens (tertiary/aromatic N) is 2. The molecule has 1 heterocycles. The van der Waals surface area contributed by atoms with E-state index in [0.29, 0.717) is 11.3 Å². The van der Waals surface area contributed by atoms with Crippen molar-refractivity contribution in [2.24, 2.45) is 7.05 Å². The molecule has 17 heavy (non-hydrogen) atoms. The summed E-state index contributed by atoms with van der Waals surface area (Å²) in [5.41, 5.74) is -0.542. The monoisotopic (exact) mass is 243 g/mol. The Kier molecular flexibility index (Phi) is 4.22. The number of amides is 1. The van der Waals surface area contributed by atoms with Crippen LogP contribution in [-0.4, -0.2) is 56.4 Å². The molecule has 0 fully saturated rings. The number of carbonyl (C=O) groups is 1. The summed E-state index contributed by atoms with van der Waals surface area (Å²) in [4.78, 5) is 11.9. The Morgan fingerprint density at radius 3 is 2.29 bits per heavy atom. The highest BCUT2D eigenvalue weighted by Crippen LogP contribution is 2.08. The Hall–Kier alpha value is -1.44. The molecule has 0 atom stereocenters. The maximum absolute atomic E-state index is 11.9. The molecule has 1 amide bonds. The fourth-order valence-corrected chi connectivity index (χ4v) is 1.40. The molecule has 96 valence electrons. The van der Waals surface area contributed by atoms with Crippen molar-refractivity contribution < 1.29 is 20.1 Å². The van der Waals surface area contributed by atoms with E-state index in [1.807, 2.05) is 0 Å². The number of aryl methyl sites for hydroxylation is 2. The third-order valence-corrected chi connectivity index (χ3v) is 2.54. The summed E-state index contributed by atoms with van der Waals surface area (Å²) in [6.45, 7) is 0.0224. The number of carbonyl (C=O) groups excluding carboxylic acids is 1. The molecule has 0 saturated carbocycles. The summed E-state index contributed by atoms with van der Waals surface area (Å²) in [6.07, 6.45) is 1.53. The first-order valence-electron chi connectivity index (χ1n) is 5.13. The predicted molar refractivity (Wildman–Crippen MR) is 59.4 cm³/mol. The quantitative estimate of drug-likeness (QED) is 0.487. The third kappa shape index (κ3) is 2.82.